The molecule has 9 nitrogen and oxygen atoms in total. The number of urea groups is 1. The molecule has 0 bridgehead atoms. The number of halogens is 2. The first-order valence-electron chi connectivity index (χ1n) is 15.4. The monoisotopic (exact) mass is 651 g/mol. The van der Waals surface area contributed by atoms with E-state index < -0.39 is 0 Å². The maximum Gasteiger partial charge on any atom is 0.338 e. The molecule has 0 aromatic heterocycles. The molecule has 2 saturated heterocycles. The van der Waals surface area contributed by atoms with Gasteiger partial charge in [0.1, 0.15) is 0 Å². The van der Waals surface area contributed by atoms with Crippen LogP contribution >= 0.6 is 23.2 Å². The average molecular weight is 653 g/mol. The molecule has 3 aromatic rings. The quantitative estimate of drug-likeness (QED) is 0.262. The predicted octanol–water partition coefficient (Wildman–Crippen LogP) is 6.73. The molecule has 2 aliphatic rings. The zero-order valence-corrected chi connectivity index (χ0v) is 26.9. The molecule has 0 aliphatic carbocycles. The molecule has 2 fully saturated rings. The molecule has 0 unspecified atom stereocenters. The van der Waals surface area contributed by atoms with E-state index in [0.29, 0.717) is 53.5 Å². The SMILES string of the molecule is CCOC(=O)c1ccc(N2CCCN(CC(=O)Nc3ccc(C4CCN(C(=O)Nc5c(Cl)cccc5Cl)CC4)cc3)CC2)cc1. The number of benzene rings is 3. The molecule has 2 N–H and O–H groups in total. The van der Waals surface area contributed by atoms with E-state index in [1.165, 1.54) is 5.56 Å². The minimum Gasteiger partial charge on any atom is -0.462 e. The lowest BCUT2D eigenvalue weighted by atomic mass is 9.89. The largest absolute Gasteiger partial charge is 0.462 e. The molecule has 5 rings (SSSR count). The number of piperidine rings is 1. The van der Waals surface area contributed by atoms with Gasteiger partial charge in [-0.3, -0.25) is 9.69 Å². The lowest BCUT2D eigenvalue weighted by Crippen LogP contribution is -2.40. The molecule has 3 amide bonds. The van der Waals surface area contributed by atoms with Gasteiger partial charge in [0, 0.05) is 50.6 Å². The molecule has 0 spiro atoms. The van der Waals surface area contributed by atoms with Gasteiger partial charge in [-0.15, -0.1) is 0 Å². The highest BCUT2D eigenvalue weighted by atomic mass is 35.5. The molecule has 0 radical (unpaired) electrons. The lowest BCUT2D eigenvalue weighted by Gasteiger charge is -2.32. The summed E-state index contributed by atoms with van der Waals surface area (Å²) >= 11 is 12.4. The summed E-state index contributed by atoms with van der Waals surface area (Å²) in [5.74, 6) is -0.00691. The summed E-state index contributed by atoms with van der Waals surface area (Å²) < 4.78 is 5.07. The predicted molar refractivity (Wildman–Crippen MR) is 180 cm³/mol. The van der Waals surface area contributed by atoms with Gasteiger partial charge in [0.15, 0.2) is 0 Å². The van der Waals surface area contributed by atoms with Crippen molar-refractivity contribution in [2.75, 3.05) is 68.0 Å². The number of hydrogen-bond acceptors (Lipinski definition) is 6. The summed E-state index contributed by atoms with van der Waals surface area (Å²) in [5.41, 5.74) is 4.02. The Balaban J connectivity index is 1.05. The number of para-hydroxylation sites is 1. The zero-order valence-electron chi connectivity index (χ0n) is 25.4. The summed E-state index contributed by atoms with van der Waals surface area (Å²) in [4.78, 5) is 43.9. The van der Waals surface area contributed by atoms with Gasteiger partial charge in [0.2, 0.25) is 5.91 Å². The highest BCUT2D eigenvalue weighted by Crippen LogP contribution is 2.32. The molecule has 11 heteroatoms. The van der Waals surface area contributed by atoms with Crippen LogP contribution in [0.15, 0.2) is 66.7 Å². The van der Waals surface area contributed by atoms with Crippen molar-refractivity contribution >= 4 is 58.2 Å². The average Bonchev–Trinajstić information content (AvgIpc) is 3.29. The Morgan fingerprint density at radius 1 is 0.822 bits per heavy atom. The summed E-state index contributed by atoms with van der Waals surface area (Å²) in [6.07, 6.45) is 2.63. The number of nitrogens with zero attached hydrogens (tertiary/aromatic N) is 3. The molecular formula is C34H39Cl2N5O4. The summed E-state index contributed by atoms with van der Waals surface area (Å²) in [7, 11) is 0. The van der Waals surface area contributed by atoms with Gasteiger partial charge >= 0.3 is 12.0 Å². The topological polar surface area (TPSA) is 94.2 Å². The first kappa shape index (κ1) is 32.6. The minimum atomic E-state index is -0.310. The van der Waals surface area contributed by atoms with Crippen molar-refractivity contribution in [2.45, 2.75) is 32.1 Å². The number of likely N-dealkylation sites (tertiary alicyclic amines) is 1. The second-order valence-corrected chi connectivity index (χ2v) is 12.2. The van der Waals surface area contributed by atoms with Gasteiger partial charge in [-0.05, 0) is 86.2 Å². The number of carbonyl (C=O) groups excluding carboxylic acids is 3. The van der Waals surface area contributed by atoms with Crippen molar-refractivity contribution in [2.24, 2.45) is 0 Å². The van der Waals surface area contributed by atoms with E-state index in [4.69, 9.17) is 27.9 Å². The summed E-state index contributed by atoms with van der Waals surface area (Å²) in [6, 6.07) is 20.5. The Kier molecular flexibility index (Phi) is 11.2. The van der Waals surface area contributed by atoms with Crippen LogP contribution in [0.5, 0.6) is 0 Å². The number of rotatable bonds is 8. The van der Waals surface area contributed by atoms with Gasteiger partial charge in [0.25, 0.3) is 0 Å². The van der Waals surface area contributed by atoms with E-state index in [2.05, 4.69) is 32.6 Å². The van der Waals surface area contributed by atoms with Crippen molar-refractivity contribution in [3.63, 3.8) is 0 Å². The maximum atomic E-state index is 12.9. The third kappa shape index (κ3) is 8.69. The lowest BCUT2D eigenvalue weighted by molar-refractivity contribution is -0.117. The standard InChI is InChI=1S/C34H39Cl2N5O4/c1-2-45-33(43)26-9-13-28(14-10-26)40-18-4-17-39(21-22-40)23-31(42)37-27-11-7-24(8-12-27)25-15-19-41(20-16-25)34(44)38-32-29(35)5-3-6-30(32)36/h3,5-14,25H,2,4,15-23H2,1H3,(H,37,42)(H,38,44). The van der Waals surface area contributed by atoms with Crippen molar-refractivity contribution in [1.29, 1.82) is 0 Å². The van der Waals surface area contributed by atoms with E-state index in [0.717, 1.165) is 56.8 Å². The van der Waals surface area contributed by atoms with E-state index in [9.17, 15) is 14.4 Å². The van der Waals surface area contributed by atoms with Crippen molar-refractivity contribution in [1.82, 2.24) is 9.80 Å². The van der Waals surface area contributed by atoms with Crippen LogP contribution in [0.3, 0.4) is 0 Å². The number of ether oxygens (including phenoxy) is 1. The van der Waals surface area contributed by atoms with Gasteiger partial charge in [0.05, 0.1) is 34.4 Å². The van der Waals surface area contributed by atoms with Crippen LogP contribution in [-0.4, -0.2) is 80.1 Å². The van der Waals surface area contributed by atoms with Crippen molar-refractivity contribution < 1.29 is 19.1 Å². The highest BCUT2D eigenvalue weighted by molar-refractivity contribution is 6.39. The molecule has 0 saturated carbocycles. The molecular weight excluding hydrogens is 613 g/mol. The van der Waals surface area contributed by atoms with Gasteiger partial charge in [-0.1, -0.05) is 41.4 Å². The van der Waals surface area contributed by atoms with E-state index >= 15 is 0 Å². The fourth-order valence-electron chi connectivity index (χ4n) is 5.87. The maximum absolute atomic E-state index is 12.9. The molecule has 2 aliphatic heterocycles. The van der Waals surface area contributed by atoms with Crippen LogP contribution in [-0.2, 0) is 9.53 Å². The van der Waals surface area contributed by atoms with Gasteiger partial charge < -0.3 is 25.2 Å². The van der Waals surface area contributed by atoms with Gasteiger partial charge in [-0.2, -0.15) is 0 Å². The zero-order chi connectivity index (χ0) is 31.8. The Bertz CT molecular complexity index is 1460. The third-order valence-electron chi connectivity index (χ3n) is 8.34. The number of amides is 3. The molecule has 238 valence electrons. The van der Waals surface area contributed by atoms with Crippen LogP contribution in [0, 0.1) is 0 Å². The van der Waals surface area contributed by atoms with Crippen LogP contribution in [0.1, 0.15) is 48.0 Å². The summed E-state index contributed by atoms with van der Waals surface area (Å²) in [6.45, 7) is 7.04. The van der Waals surface area contributed by atoms with E-state index in [1.807, 2.05) is 24.3 Å². The smallest absolute Gasteiger partial charge is 0.338 e. The number of nitrogens with one attached hydrogen (secondary N) is 2. The first-order chi connectivity index (χ1) is 21.8. The molecule has 3 aromatic carbocycles. The number of carbonyl (C=O) groups is 3. The first-order valence-corrected chi connectivity index (χ1v) is 16.2. The van der Waals surface area contributed by atoms with Crippen LogP contribution in [0.25, 0.3) is 0 Å². The Hall–Kier alpha value is -3.79. The highest BCUT2D eigenvalue weighted by Gasteiger charge is 2.25. The van der Waals surface area contributed by atoms with Crippen LogP contribution in [0.4, 0.5) is 21.9 Å². The second-order valence-electron chi connectivity index (χ2n) is 11.3. The van der Waals surface area contributed by atoms with E-state index in [-0.39, 0.29) is 17.9 Å². The molecule has 2 heterocycles. The third-order valence-corrected chi connectivity index (χ3v) is 8.97. The second kappa shape index (κ2) is 15.5. The Labute approximate surface area is 274 Å². The fourth-order valence-corrected chi connectivity index (χ4v) is 6.36. The number of esters is 1. The Morgan fingerprint density at radius 2 is 1.51 bits per heavy atom. The molecule has 45 heavy (non-hydrogen) atoms. The van der Waals surface area contributed by atoms with Crippen LogP contribution < -0.4 is 15.5 Å². The number of hydrogen-bond donors (Lipinski definition) is 2. The van der Waals surface area contributed by atoms with E-state index in [1.54, 1.807) is 42.2 Å². The number of anilines is 3. The summed E-state index contributed by atoms with van der Waals surface area (Å²) in [5, 5.41) is 6.70. The molecule has 0 atom stereocenters. The van der Waals surface area contributed by atoms with Crippen molar-refractivity contribution in [3.05, 3.63) is 87.9 Å². The van der Waals surface area contributed by atoms with Crippen LogP contribution in [0.2, 0.25) is 10.0 Å². The normalized spacial score (nSPS) is 16.2. The fraction of sp³-hybridized carbons (Fsp3) is 0.382. The van der Waals surface area contributed by atoms with Gasteiger partial charge in [-0.25, -0.2) is 9.59 Å². The van der Waals surface area contributed by atoms with Crippen molar-refractivity contribution in [3.8, 4) is 0 Å². The minimum absolute atomic E-state index is 0.0343. The Morgan fingerprint density at radius 3 is 2.18 bits per heavy atom.